The molecule has 3 rings (SSSR count). The lowest BCUT2D eigenvalue weighted by molar-refractivity contribution is 0.594. The smallest absolute Gasteiger partial charge is 0.271 e. The van der Waals surface area contributed by atoms with Gasteiger partial charge in [-0.1, -0.05) is 29.8 Å². The summed E-state index contributed by atoms with van der Waals surface area (Å²) < 4.78 is 24.8. The molecule has 6 heteroatoms. The van der Waals surface area contributed by atoms with Crippen LogP contribution in [0.15, 0.2) is 58.2 Å². The summed E-state index contributed by atoms with van der Waals surface area (Å²) in [5, 5.41) is 0. The predicted molar refractivity (Wildman–Crippen MR) is 84.4 cm³/mol. The van der Waals surface area contributed by atoms with Crippen LogP contribution in [0.5, 0.6) is 0 Å². The Kier molecular flexibility index (Phi) is 3.54. The van der Waals surface area contributed by atoms with E-state index in [4.69, 9.17) is 0 Å². The van der Waals surface area contributed by atoms with Crippen molar-refractivity contribution < 1.29 is 8.42 Å². The lowest BCUT2D eigenvalue weighted by Crippen LogP contribution is -2.19. The molecular formula is C16H14N2O3S. The van der Waals surface area contributed by atoms with Gasteiger partial charge in [-0.15, -0.1) is 0 Å². The first kappa shape index (κ1) is 14.5. The van der Waals surface area contributed by atoms with Gasteiger partial charge in [-0.05, 0) is 31.2 Å². The van der Waals surface area contributed by atoms with Crippen molar-refractivity contribution in [2.75, 3.05) is 0 Å². The zero-order chi connectivity index (χ0) is 15.7. The van der Waals surface area contributed by atoms with E-state index in [2.05, 4.69) is 9.97 Å². The van der Waals surface area contributed by atoms with Gasteiger partial charge in [0.15, 0.2) is 9.84 Å². The van der Waals surface area contributed by atoms with Gasteiger partial charge in [0.2, 0.25) is 0 Å². The van der Waals surface area contributed by atoms with Crippen molar-refractivity contribution in [3.63, 3.8) is 0 Å². The lowest BCUT2D eigenvalue weighted by atomic mass is 10.2. The molecule has 3 aromatic rings. The Labute approximate surface area is 127 Å². The molecule has 0 radical (unpaired) electrons. The van der Waals surface area contributed by atoms with Crippen LogP contribution in [0.25, 0.3) is 11.0 Å². The molecule has 0 spiro atoms. The Balaban J connectivity index is 2.03. The van der Waals surface area contributed by atoms with E-state index in [-0.39, 0.29) is 10.6 Å². The number of para-hydroxylation sites is 2. The third-order valence-corrected chi connectivity index (χ3v) is 5.02. The van der Waals surface area contributed by atoms with Gasteiger partial charge in [0, 0.05) is 0 Å². The number of aryl methyl sites for hydroxylation is 1. The fourth-order valence-corrected chi connectivity index (χ4v) is 3.45. The van der Waals surface area contributed by atoms with Gasteiger partial charge in [-0.25, -0.2) is 13.4 Å². The first-order valence-corrected chi connectivity index (χ1v) is 8.38. The molecular weight excluding hydrogens is 300 g/mol. The highest BCUT2D eigenvalue weighted by molar-refractivity contribution is 7.90. The molecule has 0 fully saturated rings. The number of hydrogen-bond donors (Lipinski definition) is 1. The maximum absolute atomic E-state index is 12.4. The van der Waals surface area contributed by atoms with Crippen molar-refractivity contribution in [1.82, 2.24) is 9.97 Å². The van der Waals surface area contributed by atoms with E-state index in [1.165, 1.54) is 0 Å². The first-order chi connectivity index (χ1) is 10.5. The highest BCUT2D eigenvalue weighted by atomic mass is 32.2. The molecule has 0 aliphatic rings. The van der Waals surface area contributed by atoms with Crippen LogP contribution >= 0.6 is 0 Å². The van der Waals surface area contributed by atoms with E-state index in [0.717, 1.165) is 5.56 Å². The number of nitrogens with one attached hydrogen (secondary N) is 1. The molecule has 0 amide bonds. The monoisotopic (exact) mass is 314 g/mol. The minimum Gasteiger partial charge on any atom is -0.319 e. The molecule has 1 aromatic heterocycles. The molecule has 0 bridgehead atoms. The molecule has 0 atom stereocenters. The summed E-state index contributed by atoms with van der Waals surface area (Å²) >= 11 is 0. The van der Waals surface area contributed by atoms with Gasteiger partial charge >= 0.3 is 0 Å². The number of H-pyrrole nitrogens is 1. The van der Waals surface area contributed by atoms with E-state index < -0.39 is 21.1 Å². The van der Waals surface area contributed by atoms with Gasteiger partial charge in [0.05, 0.1) is 15.9 Å². The summed E-state index contributed by atoms with van der Waals surface area (Å²) in [6, 6.07) is 13.6. The van der Waals surface area contributed by atoms with Crippen molar-refractivity contribution in [2.45, 2.75) is 17.6 Å². The van der Waals surface area contributed by atoms with E-state index in [1.54, 1.807) is 48.5 Å². The summed E-state index contributed by atoms with van der Waals surface area (Å²) in [5.41, 5.74) is 1.65. The van der Waals surface area contributed by atoms with Crippen LogP contribution in [-0.2, 0) is 15.6 Å². The minimum atomic E-state index is -3.60. The number of benzene rings is 2. The van der Waals surface area contributed by atoms with Crippen molar-refractivity contribution >= 4 is 20.9 Å². The second kappa shape index (κ2) is 5.38. The van der Waals surface area contributed by atoms with Crippen LogP contribution in [0.1, 0.15) is 11.3 Å². The van der Waals surface area contributed by atoms with Gasteiger partial charge in [0.25, 0.3) is 5.56 Å². The summed E-state index contributed by atoms with van der Waals surface area (Å²) in [5.74, 6) is -0.420. The molecule has 0 saturated carbocycles. The van der Waals surface area contributed by atoms with Gasteiger partial charge in [0.1, 0.15) is 11.4 Å². The van der Waals surface area contributed by atoms with Crippen LogP contribution < -0.4 is 5.56 Å². The quantitative estimate of drug-likeness (QED) is 0.804. The zero-order valence-electron chi connectivity index (χ0n) is 11.9. The van der Waals surface area contributed by atoms with Crippen molar-refractivity contribution in [3.05, 3.63) is 70.1 Å². The number of rotatable bonds is 3. The average Bonchev–Trinajstić information content (AvgIpc) is 2.48. The molecule has 112 valence electrons. The van der Waals surface area contributed by atoms with Gasteiger partial charge in [-0.2, -0.15) is 0 Å². The third kappa shape index (κ3) is 2.78. The molecule has 5 nitrogen and oxygen atoms in total. The summed E-state index contributed by atoms with van der Waals surface area (Å²) in [6.45, 7) is 1.88. The van der Waals surface area contributed by atoms with Crippen LogP contribution in [0.2, 0.25) is 0 Å². The Hall–Kier alpha value is -2.47. The SMILES string of the molecule is Cc1ccc(S(=O)(=O)Cc2nc3ccccc3[nH]c2=O)cc1. The molecule has 0 saturated heterocycles. The minimum absolute atomic E-state index is 0.000671. The Bertz CT molecular complexity index is 990. The highest BCUT2D eigenvalue weighted by Gasteiger charge is 2.18. The number of aromatic nitrogens is 2. The fourth-order valence-electron chi connectivity index (χ4n) is 2.17. The highest BCUT2D eigenvalue weighted by Crippen LogP contribution is 2.16. The van der Waals surface area contributed by atoms with Crippen LogP contribution in [0.4, 0.5) is 0 Å². The van der Waals surface area contributed by atoms with Crippen molar-refractivity contribution in [3.8, 4) is 0 Å². The topological polar surface area (TPSA) is 79.9 Å². The van der Waals surface area contributed by atoms with Crippen LogP contribution in [0.3, 0.4) is 0 Å². The Morgan fingerprint density at radius 2 is 1.73 bits per heavy atom. The summed E-state index contributed by atoms with van der Waals surface area (Å²) in [4.78, 5) is 19.0. The number of hydrogen-bond acceptors (Lipinski definition) is 4. The largest absolute Gasteiger partial charge is 0.319 e. The second-order valence-electron chi connectivity index (χ2n) is 5.10. The normalized spacial score (nSPS) is 11.7. The van der Waals surface area contributed by atoms with Crippen LogP contribution in [0, 0.1) is 6.92 Å². The summed E-state index contributed by atoms with van der Waals surface area (Å²) in [6.07, 6.45) is 0. The second-order valence-corrected chi connectivity index (χ2v) is 7.09. The zero-order valence-corrected chi connectivity index (χ0v) is 12.7. The molecule has 0 aliphatic heterocycles. The Morgan fingerprint density at radius 3 is 2.45 bits per heavy atom. The number of sulfone groups is 1. The molecule has 0 aliphatic carbocycles. The molecule has 0 unspecified atom stereocenters. The average molecular weight is 314 g/mol. The van der Waals surface area contributed by atoms with Gasteiger partial charge in [-0.3, -0.25) is 4.79 Å². The fraction of sp³-hybridized carbons (Fsp3) is 0.125. The van der Waals surface area contributed by atoms with E-state index in [0.29, 0.717) is 11.0 Å². The summed E-state index contributed by atoms with van der Waals surface area (Å²) in [7, 11) is -3.60. The van der Waals surface area contributed by atoms with E-state index in [9.17, 15) is 13.2 Å². The van der Waals surface area contributed by atoms with Crippen molar-refractivity contribution in [1.29, 1.82) is 0 Å². The third-order valence-electron chi connectivity index (χ3n) is 3.38. The number of aromatic amines is 1. The molecule has 2 aromatic carbocycles. The molecule has 22 heavy (non-hydrogen) atoms. The predicted octanol–water partition coefficient (Wildman–Crippen LogP) is 2.21. The standard InChI is InChI=1S/C16H14N2O3S/c1-11-6-8-12(9-7-11)22(20,21)10-15-16(19)18-14-5-3-2-4-13(14)17-15/h2-9H,10H2,1H3,(H,18,19). The van der Waals surface area contributed by atoms with E-state index >= 15 is 0 Å². The lowest BCUT2D eigenvalue weighted by Gasteiger charge is -2.05. The molecule has 1 N–H and O–H groups in total. The van der Waals surface area contributed by atoms with Crippen LogP contribution in [-0.4, -0.2) is 18.4 Å². The maximum atomic E-state index is 12.4. The molecule has 1 heterocycles. The Morgan fingerprint density at radius 1 is 1.05 bits per heavy atom. The van der Waals surface area contributed by atoms with Crippen molar-refractivity contribution in [2.24, 2.45) is 0 Å². The number of fused-ring (bicyclic) bond motifs is 1. The van der Waals surface area contributed by atoms with E-state index in [1.807, 2.05) is 6.92 Å². The first-order valence-electron chi connectivity index (χ1n) is 6.73. The van der Waals surface area contributed by atoms with Gasteiger partial charge < -0.3 is 4.98 Å². The number of nitrogens with zero attached hydrogens (tertiary/aromatic N) is 1. The maximum Gasteiger partial charge on any atom is 0.271 e.